The van der Waals surface area contributed by atoms with Crippen LogP contribution in [-0.2, 0) is 9.59 Å². The largest absolute Gasteiger partial charge is 0.406 e. The molecule has 0 aliphatic carbocycles. The van der Waals surface area contributed by atoms with E-state index in [4.69, 9.17) is 5.73 Å². The van der Waals surface area contributed by atoms with Crippen LogP contribution in [0.5, 0.6) is 0 Å². The van der Waals surface area contributed by atoms with Gasteiger partial charge in [-0.05, 0) is 26.7 Å². The number of carbonyl (C=O) groups is 2. The fourth-order valence-electron chi connectivity index (χ4n) is 2.49. The number of hydrogen-bond donors (Lipinski definition) is 1. The highest BCUT2D eigenvalue weighted by Crippen LogP contribution is 2.22. The van der Waals surface area contributed by atoms with E-state index < -0.39 is 30.6 Å². The van der Waals surface area contributed by atoms with Crippen molar-refractivity contribution < 1.29 is 22.8 Å². The van der Waals surface area contributed by atoms with Crippen molar-refractivity contribution in [1.29, 1.82) is 0 Å². The summed E-state index contributed by atoms with van der Waals surface area (Å²) in [6.07, 6.45) is -3.32. The lowest BCUT2D eigenvalue weighted by atomic mass is 9.96. The van der Waals surface area contributed by atoms with Crippen molar-refractivity contribution in [1.82, 2.24) is 9.80 Å². The normalized spacial score (nSPS) is 20.1. The Bertz CT molecular complexity index is 391. The summed E-state index contributed by atoms with van der Waals surface area (Å²) in [5, 5.41) is 0. The zero-order valence-electron chi connectivity index (χ0n) is 12.7. The summed E-state index contributed by atoms with van der Waals surface area (Å²) in [6, 6.07) is -0.670. The van der Waals surface area contributed by atoms with Crippen molar-refractivity contribution in [2.75, 3.05) is 26.2 Å². The summed E-state index contributed by atoms with van der Waals surface area (Å²) in [4.78, 5) is 26.3. The highest BCUT2D eigenvalue weighted by molar-refractivity contribution is 5.85. The zero-order valence-corrected chi connectivity index (χ0v) is 13.5. The van der Waals surface area contributed by atoms with Crippen molar-refractivity contribution in [2.24, 2.45) is 11.7 Å². The van der Waals surface area contributed by atoms with Gasteiger partial charge in [0.25, 0.3) is 0 Å². The van der Waals surface area contributed by atoms with Crippen LogP contribution in [-0.4, -0.2) is 60.0 Å². The van der Waals surface area contributed by atoms with Crippen LogP contribution in [0.4, 0.5) is 13.2 Å². The average Bonchev–Trinajstić information content (AvgIpc) is 2.42. The Kier molecular flexibility index (Phi) is 8.17. The van der Waals surface area contributed by atoms with Crippen molar-refractivity contribution in [3.05, 3.63) is 0 Å². The molecule has 5 nitrogen and oxygen atoms in total. The Balaban J connectivity index is 0.00000441. The Morgan fingerprint density at radius 2 is 2.00 bits per heavy atom. The van der Waals surface area contributed by atoms with Crippen molar-refractivity contribution >= 4 is 24.2 Å². The van der Waals surface area contributed by atoms with E-state index in [0.29, 0.717) is 19.4 Å². The number of amides is 2. The Morgan fingerprint density at radius 3 is 2.45 bits per heavy atom. The smallest absolute Gasteiger partial charge is 0.341 e. The first-order valence-electron chi connectivity index (χ1n) is 7.05. The lowest BCUT2D eigenvalue weighted by molar-refractivity contribution is -0.164. The Hall–Kier alpha value is -1.02. The van der Waals surface area contributed by atoms with Gasteiger partial charge in [-0.25, -0.2) is 0 Å². The van der Waals surface area contributed by atoms with Gasteiger partial charge in [-0.1, -0.05) is 0 Å². The number of rotatable bonds is 4. The molecule has 130 valence electrons. The molecule has 22 heavy (non-hydrogen) atoms. The second kappa shape index (κ2) is 8.57. The molecule has 2 amide bonds. The number of likely N-dealkylation sites (tertiary alicyclic amines) is 1. The van der Waals surface area contributed by atoms with E-state index >= 15 is 0 Å². The van der Waals surface area contributed by atoms with Gasteiger partial charge in [-0.3, -0.25) is 9.59 Å². The monoisotopic (exact) mass is 345 g/mol. The molecule has 1 heterocycles. The van der Waals surface area contributed by atoms with Crippen LogP contribution in [0.15, 0.2) is 0 Å². The first-order valence-corrected chi connectivity index (χ1v) is 7.05. The minimum absolute atomic E-state index is 0. The number of alkyl halides is 3. The molecular formula is C13H23ClF3N3O2. The molecule has 0 aromatic carbocycles. The molecule has 1 saturated heterocycles. The average molecular weight is 346 g/mol. The van der Waals surface area contributed by atoms with Gasteiger partial charge in [-0.15, -0.1) is 12.4 Å². The standard InChI is InChI=1S/C13H22F3N3O2.ClH/c1-3-18(8-13(14,15)16)12(21)10-5-4-6-19(7-10)11(20)9(2)17;/h9-10H,3-8,17H2,1-2H3;1H/t9-,10?;/m0./s1. The molecule has 0 aromatic heterocycles. The Labute approximate surface area is 134 Å². The molecule has 0 spiro atoms. The number of piperidine rings is 1. The third-order valence-electron chi connectivity index (χ3n) is 3.54. The molecular weight excluding hydrogens is 323 g/mol. The van der Waals surface area contributed by atoms with Crippen LogP contribution in [0.2, 0.25) is 0 Å². The maximum atomic E-state index is 12.5. The van der Waals surface area contributed by atoms with Crippen LogP contribution in [0, 0.1) is 5.92 Å². The van der Waals surface area contributed by atoms with E-state index in [0.717, 1.165) is 4.90 Å². The number of halogens is 4. The van der Waals surface area contributed by atoms with Gasteiger partial charge in [0.1, 0.15) is 6.54 Å². The van der Waals surface area contributed by atoms with E-state index in [9.17, 15) is 22.8 Å². The summed E-state index contributed by atoms with van der Waals surface area (Å²) in [6.45, 7) is 2.45. The summed E-state index contributed by atoms with van der Waals surface area (Å²) >= 11 is 0. The van der Waals surface area contributed by atoms with E-state index in [-0.39, 0.29) is 31.4 Å². The van der Waals surface area contributed by atoms with Crippen LogP contribution >= 0.6 is 12.4 Å². The molecule has 2 N–H and O–H groups in total. The first-order chi connectivity index (χ1) is 9.65. The third kappa shape index (κ3) is 6.00. The minimum atomic E-state index is -4.42. The predicted molar refractivity (Wildman–Crippen MR) is 78.5 cm³/mol. The number of nitrogens with two attached hydrogens (primary N) is 1. The third-order valence-corrected chi connectivity index (χ3v) is 3.54. The van der Waals surface area contributed by atoms with Gasteiger partial charge in [0.2, 0.25) is 11.8 Å². The highest BCUT2D eigenvalue weighted by atomic mass is 35.5. The molecule has 0 saturated carbocycles. The van der Waals surface area contributed by atoms with Crippen molar-refractivity contribution in [3.8, 4) is 0 Å². The topological polar surface area (TPSA) is 66.6 Å². The number of carbonyl (C=O) groups excluding carboxylic acids is 2. The summed E-state index contributed by atoms with van der Waals surface area (Å²) in [5.74, 6) is -1.40. The molecule has 2 atom stereocenters. The second-order valence-electron chi connectivity index (χ2n) is 5.38. The van der Waals surface area contributed by atoms with E-state index in [1.54, 1.807) is 6.92 Å². The van der Waals surface area contributed by atoms with Crippen LogP contribution in [0.25, 0.3) is 0 Å². The molecule has 1 unspecified atom stereocenters. The SMILES string of the molecule is CCN(CC(F)(F)F)C(=O)C1CCCN(C(=O)[C@H](C)N)C1.Cl. The number of hydrogen-bond acceptors (Lipinski definition) is 3. The molecule has 9 heteroatoms. The maximum absolute atomic E-state index is 12.5. The Morgan fingerprint density at radius 1 is 1.41 bits per heavy atom. The summed E-state index contributed by atoms with van der Waals surface area (Å²) in [7, 11) is 0. The van der Waals surface area contributed by atoms with Crippen LogP contribution in [0.3, 0.4) is 0 Å². The lowest BCUT2D eigenvalue weighted by Crippen LogP contribution is -2.51. The van der Waals surface area contributed by atoms with Gasteiger partial charge in [0.15, 0.2) is 0 Å². The van der Waals surface area contributed by atoms with Crippen LogP contribution < -0.4 is 5.73 Å². The van der Waals surface area contributed by atoms with Gasteiger partial charge in [0, 0.05) is 19.6 Å². The van der Waals surface area contributed by atoms with E-state index in [1.807, 2.05) is 0 Å². The lowest BCUT2D eigenvalue weighted by Gasteiger charge is -2.35. The molecule has 1 aliphatic heterocycles. The van der Waals surface area contributed by atoms with E-state index in [1.165, 1.54) is 11.8 Å². The molecule has 0 bridgehead atoms. The molecule has 0 radical (unpaired) electrons. The van der Waals surface area contributed by atoms with Crippen molar-refractivity contribution in [2.45, 2.75) is 38.9 Å². The summed E-state index contributed by atoms with van der Waals surface area (Å²) < 4.78 is 37.4. The predicted octanol–water partition coefficient (Wildman–Crippen LogP) is 1.40. The number of nitrogens with zero attached hydrogens (tertiary/aromatic N) is 2. The quantitative estimate of drug-likeness (QED) is 0.837. The van der Waals surface area contributed by atoms with Gasteiger partial charge < -0.3 is 15.5 Å². The highest BCUT2D eigenvalue weighted by Gasteiger charge is 2.36. The van der Waals surface area contributed by atoms with Gasteiger partial charge in [-0.2, -0.15) is 13.2 Å². The molecule has 1 fully saturated rings. The van der Waals surface area contributed by atoms with E-state index in [2.05, 4.69) is 0 Å². The zero-order chi connectivity index (χ0) is 16.2. The second-order valence-corrected chi connectivity index (χ2v) is 5.38. The molecule has 0 aromatic rings. The van der Waals surface area contributed by atoms with Crippen molar-refractivity contribution in [3.63, 3.8) is 0 Å². The first kappa shape index (κ1) is 21.0. The summed E-state index contributed by atoms with van der Waals surface area (Å²) in [5.41, 5.74) is 5.52. The minimum Gasteiger partial charge on any atom is -0.341 e. The molecule has 1 aliphatic rings. The van der Waals surface area contributed by atoms with Gasteiger partial charge >= 0.3 is 6.18 Å². The fraction of sp³-hybridized carbons (Fsp3) is 0.846. The fourth-order valence-corrected chi connectivity index (χ4v) is 2.49. The maximum Gasteiger partial charge on any atom is 0.406 e. The van der Waals surface area contributed by atoms with Gasteiger partial charge in [0.05, 0.1) is 12.0 Å². The van der Waals surface area contributed by atoms with Crippen LogP contribution in [0.1, 0.15) is 26.7 Å². The molecule has 1 rings (SSSR count).